The molecule has 1 radical (unpaired) electrons. The molecule has 1 aromatic carbocycles. The first-order chi connectivity index (χ1) is 10.4. The van der Waals surface area contributed by atoms with Gasteiger partial charge < -0.3 is 4.74 Å². The van der Waals surface area contributed by atoms with E-state index in [1.807, 2.05) is 20.8 Å². The second kappa shape index (κ2) is 9.46. The molecule has 1 aromatic rings. The summed E-state index contributed by atoms with van der Waals surface area (Å²) < 4.78 is 5.62. The summed E-state index contributed by atoms with van der Waals surface area (Å²) in [6.45, 7) is 10.2. The van der Waals surface area contributed by atoms with Crippen LogP contribution >= 0.6 is 0 Å². The molecule has 0 atom stereocenters. The highest BCUT2D eigenvalue weighted by Crippen LogP contribution is 2.19. The van der Waals surface area contributed by atoms with Crippen LogP contribution in [-0.2, 0) is 9.78 Å². The summed E-state index contributed by atoms with van der Waals surface area (Å²) >= 11 is 0. The fraction of sp³-hybridized carbons (Fsp3) is 0.556. The average Bonchev–Trinajstić information content (AvgIpc) is 2.46. The molecule has 0 saturated heterocycles. The van der Waals surface area contributed by atoms with E-state index in [1.165, 1.54) is 25.9 Å². The Labute approximate surface area is 133 Å². The summed E-state index contributed by atoms with van der Waals surface area (Å²) in [5.74, 6) is 0.241. The molecule has 0 N–H and O–H groups in total. The van der Waals surface area contributed by atoms with Crippen molar-refractivity contribution in [2.24, 2.45) is 5.41 Å². The number of rotatable bonds is 9. The molecule has 0 heterocycles. The lowest BCUT2D eigenvalue weighted by Gasteiger charge is -2.15. The topological polar surface area (TPSA) is 44.8 Å². The van der Waals surface area contributed by atoms with E-state index in [1.54, 1.807) is 24.3 Å². The average molecular weight is 307 g/mol. The van der Waals surface area contributed by atoms with Crippen LogP contribution < -0.4 is 4.74 Å². The van der Waals surface area contributed by atoms with Crippen LogP contribution in [0.2, 0.25) is 0 Å². The van der Waals surface area contributed by atoms with Crippen molar-refractivity contribution < 1.29 is 19.3 Å². The van der Waals surface area contributed by atoms with Gasteiger partial charge in [0.2, 0.25) is 0 Å². The van der Waals surface area contributed by atoms with Crippen LogP contribution in [0, 0.1) is 12.0 Å². The van der Waals surface area contributed by atoms with Crippen LogP contribution in [0.1, 0.15) is 63.7 Å². The molecular formula is C18H27O4. The summed E-state index contributed by atoms with van der Waals surface area (Å²) in [6, 6.07) is 6.88. The van der Waals surface area contributed by atoms with Gasteiger partial charge >= 0.3 is 5.97 Å². The van der Waals surface area contributed by atoms with Crippen molar-refractivity contribution in [3.63, 3.8) is 0 Å². The molecule has 123 valence electrons. The van der Waals surface area contributed by atoms with Gasteiger partial charge in [0.25, 0.3) is 0 Å². The van der Waals surface area contributed by atoms with Gasteiger partial charge in [0.15, 0.2) is 0 Å². The Balaban J connectivity index is 2.32. The second-order valence-electron chi connectivity index (χ2n) is 6.38. The molecule has 0 spiro atoms. The molecule has 0 saturated carbocycles. The molecule has 4 heteroatoms. The van der Waals surface area contributed by atoms with Crippen LogP contribution in [0.15, 0.2) is 24.3 Å². The first kappa shape index (κ1) is 18.5. The van der Waals surface area contributed by atoms with Crippen molar-refractivity contribution in [2.45, 2.75) is 53.4 Å². The zero-order valence-corrected chi connectivity index (χ0v) is 14.1. The Hall–Kier alpha value is -1.55. The molecule has 0 bridgehead atoms. The SMILES string of the molecule is CCCCCCOc1ccc(C(=O)OO[CH]C(C)(C)C)cc1. The third-order valence-electron chi connectivity index (χ3n) is 2.88. The van der Waals surface area contributed by atoms with Crippen molar-refractivity contribution in [3.05, 3.63) is 36.4 Å². The van der Waals surface area contributed by atoms with Crippen LogP contribution in [0.3, 0.4) is 0 Å². The van der Waals surface area contributed by atoms with Crippen molar-refractivity contribution in [3.8, 4) is 5.75 Å². The Morgan fingerprint density at radius 3 is 2.36 bits per heavy atom. The van der Waals surface area contributed by atoms with Crippen molar-refractivity contribution in [1.82, 2.24) is 0 Å². The Morgan fingerprint density at radius 2 is 1.77 bits per heavy atom. The first-order valence-corrected chi connectivity index (χ1v) is 7.87. The van der Waals surface area contributed by atoms with E-state index in [0.29, 0.717) is 12.2 Å². The van der Waals surface area contributed by atoms with E-state index in [0.717, 1.165) is 12.2 Å². The smallest absolute Gasteiger partial charge is 0.373 e. The Morgan fingerprint density at radius 1 is 1.09 bits per heavy atom. The highest BCUT2D eigenvalue weighted by atomic mass is 17.2. The summed E-state index contributed by atoms with van der Waals surface area (Å²) in [5.41, 5.74) is 0.260. The van der Waals surface area contributed by atoms with E-state index in [9.17, 15) is 4.79 Å². The predicted molar refractivity (Wildman–Crippen MR) is 86.3 cm³/mol. The third kappa shape index (κ3) is 8.03. The van der Waals surface area contributed by atoms with Crippen molar-refractivity contribution >= 4 is 5.97 Å². The van der Waals surface area contributed by atoms with Gasteiger partial charge in [-0.15, -0.1) is 0 Å². The number of carbonyl (C=O) groups is 1. The minimum absolute atomic E-state index is 0.171. The molecule has 22 heavy (non-hydrogen) atoms. The molecule has 0 unspecified atom stereocenters. The first-order valence-electron chi connectivity index (χ1n) is 7.87. The fourth-order valence-electron chi connectivity index (χ4n) is 1.67. The van der Waals surface area contributed by atoms with Gasteiger partial charge in [-0.3, -0.25) is 4.89 Å². The number of ether oxygens (including phenoxy) is 1. The van der Waals surface area contributed by atoms with Crippen LogP contribution in [0.25, 0.3) is 0 Å². The molecule has 0 fully saturated rings. The number of unbranched alkanes of at least 4 members (excludes halogenated alkanes) is 3. The van der Waals surface area contributed by atoms with Gasteiger partial charge in [-0.25, -0.2) is 4.79 Å². The molecular weight excluding hydrogens is 280 g/mol. The molecule has 0 aliphatic heterocycles. The minimum atomic E-state index is -0.519. The van der Waals surface area contributed by atoms with Gasteiger partial charge in [-0.1, -0.05) is 47.0 Å². The highest BCUT2D eigenvalue weighted by molar-refractivity contribution is 5.89. The van der Waals surface area contributed by atoms with Gasteiger partial charge in [0.1, 0.15) is 12.4 Å². The predicted octanol–water partition coefficient (Wildman–Crippen LogP) is 4.94. The van der Waals surface area contributed by atoms with E-state index in [2.05, 4.69) is 6.92 Å². The van der Waals surface area contributed by atoms with E-state index in [4.69, 9.17) is 14.5 Å². The number of carbonyl (C=O) groups excluding carboxylic acids is 1. The van der Waals surface area contributed by atoms with Crippen LogP contribution in [0.5, 0.6) is 5.75 Å². The molecule has 4 nitrogen and oxygen atoms in total. The van der Waals surface area contributed by atoms with E-state index >= 15 is 0 Å². The zero-order chi connectivity index (χ0) is 16.4. The van der Waals surface area contributed by atoms with E-state index < -0.39 is 5.97 Å². The summed E-state index contributed by atoms with van der Waals surface area (Å²) in [7, 11) is 0. The van der Waals surface area contributed by atoms with Crippen molar-refractivity contribution in [1.29, 1.82) is 0 Å². The second-order valence-corrected chi connectivity index (χ2v) is 6.38. The number of hydrogen-bond donors (Lipinski definition) is 0. The quantitative estimate of drug-likeness (QED) is 0.368. The molecule has 1 rings (SSSR count). The number of benzene rings is 1. The third-order valence-corrected chi connectivity index (χ3v) is 2.88. The lowest BCUT2D eigenvalue weighted by atomic mass is 9.99. The maximum absolute atomic E-state index is 11.8. The van der Waals surface area contributed by atoms with Gasteiger partial charge in [0, 0.05) is 0 Å². The lowest BCUT2D eigenvalue weighted by molar-refractivity contribution is -0.224. The normalized spacial score (nSPS) is 11.3. The summed E-state index contributed by atoms with van der Waals surface area (Å²) in [5, 5.41) is 0. The molecule has 0 aliphatic rings. The monoisotopic (exact) mass is 307 g/mol. The molecule has 0 aliphatic carbocycles. The Kier molecular flexibility index (Phi) is 7.96. The molecule has 0 amide bonds. The minimum Gasteiger partial charge on any atom is -0.494 e. The maximum Gasteiger partial charge on any atom is 0.373 e. The van der Waals surface area contributed by atoms with Crippen molar-refractivity contribution in [2.75, 3.05) is 6.61 Å². The van der Waals surface area contributed by atoms with Gasteiger partial charge in [-0.05, 0) is 36.1 Å². The zero-order valence-electron chi connectivity index (χ0n) is 14.1. The highest BCUT2D eigenvalue weighted by Gasteiger charge is 2.15. The molecule has 0 aromatic heterocycles. The fourth-order valence-corrected chi connectivity index (χ4v) is 1.67. The lowest BCUT2D eigenvalue weighted by Crippen LogP contribution is -2.12. The van der Waals surface area contributed by atoms with Crippen LogP contribution in [0.4, 0.5) is 0 Å². The standard InChI is InChI=1S/C18H27O4/c1-5-6-7-8-13-20-16-11-9-15(10-12-16)17(19)22-21-14-18(2,3)4/h9-12,14H,5-8,13H2,1-4H3. The number of hydrogen-bond acceptors (Lipinski definition) is 4. The van der Waals surface area contributed by atoms with Crippen LogP contribution in [-0.4, -0.2) is 12.6 Å². The van der Waals surface area contributed by atoms with Gasteiger partial charge in [-0.2, -0.15) is 4.89 Å². The summed E-state index contributed by atoms with van der Waals surface area (Å²) in [6.07, 6.45) is 4.68. The Bertz CT molecular complexity index is 431. The van der Waals surface area contributed by atoms with Gasteiger partial charge in [0.05, 0.1) is 12.2 Å². The van der Waals surface area contributed by atoms with E-state index in [-0.39, 0.29) is 5.41 Å². The largest absolute Gasteiger partial charge is 0.494 e. The maximum atomic E-state index is 11.8. The summed E-state index contributed by atoms with van der Waals surface area (Å²) in [4.78, 5) is 21.3.